The average molecular weight is 344 g/mol. The molecular weight excluding hydrogens is 312 g/mol. The molecule has 138 valence electrons. The lowest BCUT2D eigenvalue weighted by molar-refractivity contribution is -0.223. The highest BCUT2D eigenvalue weighted by Crippen LogP contribution is 2.66. The molecule has 1 spiro atoms. The molecule has 0 radical (unpaired) electrons. The maximum atomic E-state index is 13.5. The van der Waals surface area contributed by atoms with Crippen molar-refractivity contribution < 1.29 is 14.3 Å². The maximum absolute atomic E-state index is 13.5. The van der Waals surface area contributed by atoms with E-state index in [1.54, 1.807) is 0 Å². The van der Waals surface area contributed by atoms with Gasteiger partial charge in [-0.05, 0) is 80.6 Å². The minimum absolute atomic E-state index is 0.250. The van der Waals surface area contributed by atoms with Crippen LogP contribution in [0.15, 0.2) is 11.6 Å². The van der Waals surface area contributed by atoms with E-state index in [4.69, 9.17) is 9.47 Å². The molecule has 0 bridgehead atoms. The minimum atomic E-state index is -0.643. The molecule has 4 aliphatic carbocycles. The van der Waals surface area contributed by atoms with Gasteiger partial charge in [-0.3, -0.25) is 4.79 Å². The van der Waals surface area contributed by atoms with Crippen LogP contribution >= 0.6 is 0 Å². The lowest BCUT2D eigenvalue weighted by atomic mass is 9.48. The number of rotatable bonds is 0. The summed E-state index contributed by atoms with van der Waals surface area (Å²) >= 11 is 0. The first-order valence-corrected chi connectivity index (χ1v) is 10.5. The van der Waals surface area contributed by atoms with Crippen LogP contribution in [-0.2, 0) is 14.3 Å². The van der Waals surface area contributed by atoms with Crippen molar-refractivity contribution in [1.82, 2.24) is 0 Å². The first-order valence-electron chi connectivity index (χ1n) is 10.5. The van der Waals surface area contributed by atoms with Crippen molar-refractivity contribution in [2.45, 2.75) is 71.5 Å². The predicted octanol–water partition coefficient (Wildman–Crippen LogP) is 4.51. The SMILES string of the molecule is C[C@@H]1CC[C@]2(C)C3=CC(=O)[C@@]4(C)C(CCC45OCCO5)C3CC[C@@H]2C1. The van der Waals surface area contributed by atoms with Crippen LogP contribution in [0.5, 0.6) is 0 Å². The number of fused-ring (bicyclic) bond motifs is 6. The molecule has 3 saturated carbocycles. The Bertz CT molecular complexity index is 631. The van der Waals surface area contributed by atoms with E-state index in [0.29, 0.717) is 25.0 Å². The molecule has 0 aromatic heterocycles. The quantitative estimate of drug-likeness (QED) is 0.649. The van der Waals surface area contributed by atoms with Gasteiger partial charge < -0.3 is 9.47 Å². The zero-order chi connectivity index (χ0) is 17.4. The third-order valence-corrected chi connectivity index (χ3v) is 8.98. The van der Waals surface area contributed by atoms with Gasteiger partial charge in [0.1, 0.15) is 0 Å². The number of hydrogen-bond donors (Lipinski definition) is 0. The van der Waals surface area contributed by atoms with Crippen LogP contribution in [0.1, 0.15) is 65.7 Å². The van der Waals surface area contributed by atoms with Crippen LogP contribution in [0.4, 0.5) is 0 Å². The Morgan fingerprint density at radius 3 is 2.56 bits per heavy atom. The third kappa shape index (κ3) is 1.92. The molecule has 0 aromatic rings. The maximum Gasteiger partial charge on any atom is 0.181 e. The summed E-state index contributed by atoms with van der Waals surface area (Å²) in [5.74, 6) is 2.21. The molecule has 3 heteroatoms. The molecule has 1 saturated heterocycles. The number of carbonyl (C=O) groups is 1. The van der Waals surface area contributed by atoms with Crippen LogP contribution in [-0.4, -0.2) is 24.8 Å². The second-order valence-corrected chi connectivity index (χ2v) is 9.94. The van der Waals surface area contributed by atoms with Gasteiger partial charge in [-0.1, -0.05) is 19.4 Å². The van der Waals surface area contributed by atoms with E-state index in [-0.39, 0.29) is 11.2 Å². The second-order valence-electron chi connectivity index (χ2n) is 9.94. The molecule has 25 heavy (non-hydrogen) atoms. The Labute approximate surface area is 151 Å². The normalized spacial score (nSPS) is 51.0. The van der Waals surface area contributed by atoms with E-state index >= 15 is 0 Å². The molecule has 2 unspecified atom stereocenters. The summed E-state index contributed by atoms with van der Waals surface area (Å²) in [5, 5.41) is 0. The molecule has 3 nitrogen and oxygen atoms in total. The molecule has 4 fully saturated rings. The number of carbonyl (C=O) groups excluding carboxylic acids is 1. The first-order chi connectivity index (χ1) is 11.9. The lowest BCUT2D eigenvalue weighted by Gasteiger charge is -2.56. The largest absolute Gasteiger partial charge is 0.346 e. The number of hydrogen-bond acceptors (Lipinski definition) is 3. The van der Waals surface area contributed by atoms with Gasteiger partial charge in [-0.2, -0.15) is 0 Å². The van der Waals surface area contributed by atoms with Gasteiger partial charge in [0.15, 0.2) is 11.6 Å². The van der Waals surface area contributed by atoms with Gasteiger partial charge in [0.25, 0.3) is 0 Å². The van der Waals surface area contributed by atoms with Crippen molar-refractivity contribution in [3.05, 3.63) is 11.6 Å². The molecular formula is C22H32O3. The van der Waals surface area contributed by atoms with Crippen molar-refractivity contribution in [3.63, 3.8) is 0 Å². The molecule has 5 rings (SSSR count). The molecule has 0 N–H and O–H groups in total. The third-order valence-electron chi connectivity index (χ3n) is 8.98. The van der Waals surface area contributed by atoms with Crippen molar-refractivity contribution >= 4 is 5.78 Å². The standard InChI is InChI=1S/C22H32O3/c1-14-6-8-20(2)15(12-14)4-5-16-17-7-9-22(24-10-11-25-22)21(17,3)19(23)13-18(16)20/h13-17H,4-12H2,1-3H3/t14-,15-,16?,17?,20+,21-/m1/s1. The van der Waals surface area contributed by atoms with E-state index in [0.717, 1.165) is 24.7 Å². The summed E-state index contributed by atoms with van der Waals surface area (Å²) < 4.78 is 12.2. The average Bonchev–Trinajstić information content (AvgIpc) is 3.18. The van der Waals surface area contributed by atoms with Crippen molar-refractivity contribution in [2.75, 3.05) is 13.2 Å². The summed E-state index contributed by atoms with van der Waals surface area (Å²) in [5.41, 5.74) is 1.26. The fraction of sp³-hybridized carbons (Fsp3) is 0.864. The summed E-state index contributed by atoms with van der Waals surface area (Å²) in [7, 11) is 0. The molecule has 5 aliphatic rings. The fourth-order valence-electron chi connectivity index (χ4n) is 7.42. The van der Waals surface area contributed by atoms with Crippen molar-refractivity contribution in [1.29, 1.82) is 0 Å². The van der Waals surface area contributed by atoms with Gasteiger partial charge >= 0.3 is 0 Å². The van der Waals surface area contributed by atoms with Crippen molar-refractivity contribution in [2.24, 2.45) is 34.5 Å². The topological polar surface area (TPSA) is 35.5 Å². The van der Waals surface area contributed by atoms with Crippen molar-refractivity contribution in [3.8, 4) is 0 Å². The highest BCUT2D eigenvalue weighted by atomic mass is 16.7. The lowest BCUT2D eigenvalue weighted by Crippen LogP contribution is -2.56. The first kappa shape index (κ1) is 16.5. The Morgan fingerprint density at radius 1 is 1.04 bits per heavy atom. The Balaban J connectivity index is 1.57. The molecule has 1 heterocycles. The van der Waals surface area contributed by atoms with Crippen LogP contribution in [0.25, 0.3) is 0 Å². The van der Waals surface area contributed by atoms with E-state index < -0.39 is 11.2 Å². The second kappa shape index (κ2) is 5.19. The van der Waals surface area contributed by atoms with E-state index in [9.17, 15) is 4.79 Å². The molecule has 6 atom stereocenters. The number of ether oxygens (including phenoxy) is 2. The number of ketones is 1. The fourth-order valence-corrected chi connectivity index (χ4v) is 7.42. The Morgan fingerprint density at radius 2 is 1.80 bits per heavy atom. The van der Waals surface area contributed by atoms with Crippen LogP contribution in [0, 0.1) is 34.5 Å². The van der Waals surface area contributed by atoms with Crippen LogP contribution in [0.3, 0.4) is 0 Å². The van der Waals surface area contributed by atoms with E-state index in [1.165, 1.54) is 37.7 Å². The zero-order valence-electron chi connectivity index (χ0n) is 16.0. The molecule has 0 amide bonds. The Kier molecular flexibility index (Phi) is 3.43. The monoisotopic (exact) mass is 344 g/mol. The van der Waals surface area contributed by atoms with Gasteiger partial charge in [0.05, 0.1) is 18.6 Å². The summed E-state index contributed by atoms with van der Waals surface area (Å²) in [4.78, 5) is 13.5. The van der Waals surface area contributed by atoms with Crippen LogP contribution in [0.2, 0.25) is 0 Å². The summed E-state index contributed by atoms with van der Waals surface area (Å²) in [6, 6.07) is 0. The number of allylic oxidation sites excluding steroid dienone is 2. The summed E-state index contributed by atoms with van der Waals surface area (Å²) in [6.07, 6.45) is 10.5. The van der Waals surface area contributed by atoms with Gasteiger partial charge in [-0.25, -0.2) is 0 Å². The van der Waals surface area contributed by atoms with E-state index in [1.807, 2.05) is 0 Å². The zero-order valence-corrected chi connectivity index (χ0v) is 16.0. The van der Waals surface area contributed by atoms with E-state index in [2.05, 4.69) is 26.8 Å². The predicted molar refractivity (Wildman–Crippen MR) is 95.9 cm³/mol. The van der Waals surface area contributed by atoms with Crippen LogP contribution < -0.4 is 0 Å². The van der Waals surface area contributed by atoms with Gasteiger partial charge in [0.2, 0.25) is 0 Å². The smallest absolute Gasteiger partial charge is 0.181 e. The van der Waals surface area contributed by atoms with Gasteiger partial charge in [0, 0.05) is 6.42 Å². The minimum Gasteiger partial charge on any atom is -0.346 e. The highest BCUT2D eigenvalue weighted by molar-refractivity contribution is 5.98. The molecule has 1 aliphatic heterocycles. The highest BCUT2D eigenvalue weighted by Gasteiger charge is 2.68. The Hall–Kier alpha value is -0.670. The summed E-state index contributed by atoms with van der Waals surface area (Å²) in [6.45, 7) is 8.27. The molecule has 0 aromatic carbocycles. The van der Waals surface area contributed by atoms with Gasteiger partial charge in [-0.15, -0.1) is 0 Å².